The molecule has 2 heterocycles. The number of benzene rings is 1. The molecule has 1 aromatic rings. The van der Waals surface area contributed by atoms with Crippen LogP contribution in [0.3, 0.4) is 0 Å². The van der Waals surface area contributed by atoms with Gasteiger partial charge in [-0.05, 0) is 57.2 Å². The van der Waals surface area contributed by atoms with E-state index in [1.165, 1.54) is 31.2 Å². The van der Waals surface area contributed by atoms with Crippen molar-refractivity contribution in [2.24, 2.45) is 5.92 Å². The molecule has 0 saturated carbocycles. The molecule has 0 radical (unpaired) electrons. The molecule has 2 heteroatoms. The highest BCUT2D eigenvalue weighted by Crippen LogP contribution is 2.37. The Hall–Kier alpha value is -1.02. The third kappa shape index (κ3) is 2.26. The second-order valence-electron chi connectivity index (χ2n) is 5.96. The topological polar surface area (TPSA) is 12.5 Å². The van der Waals surface area contributed by atoms with Gasteiger partial charge in [0, 0.05) is 12.1 Å². The van der Waals surface area contributed by atoms with Crippen LogP contribution in [0.25, 0.3) is 0 Å². The third-order valence-corrected chi connectivity index (χ3v) is 4.76. The van der Waals surface area contributed by atoms with E-state index in [-0.39, 0.29) is 0 Å². The summed E-state index contributed by atoms with van der Waals surface area (Å²) in [5.41, 5.74) is 1.24. The summed E-state index contributed by atoms with van der Waals surface area (Å²) < 4.78 is 6.02. The maximum absolute atomic E-state index is 6.02. The van der Waals surface area contributed by atoms with Crippen LogP contribution in [-0.2, 0) is 0 Å². The lowest BCUT2D eigenvalue weighted by molar-refractivity contribution is 0.102. The molecule has 98 valence electrons. The molecule has 1 aromatic carbocycles. The highest BCUT2D eigenvalue weighted by Gasteiger charge is 2.38. The summed E-state index contributed by atoms with van der Waals surface area (Å²) in [6, 6.07) is 9.95. The van der Waals surface area contributed by atoms with Crippen LogP contribution in [0.4, 0.5) is 0 Å². The van der Waals surface area contributed by atoms with Crippen molar-refractivity contribution < 1.29 is 4.74 Å². The quantitative estimate of drug-likeness (QED) is 0.810. The van der Waals surface area contributed by atoms with E-state index < -0.39 is 0 Å². The zero-order valence-electron chi connectivity index (χ0n) is 11.4. The molecule has 2 saturated heterocycles. The number of aryl methyl sites for hydroxylation is 1. The van der Waals surface area contributed by atoms with Crippen LogP contribution in [0.1, 0.15) is 31.2 Å². The second-order valence-corrected chi connectivity index (χ2v) is 5.96. The molecule has 0 N–H and O–H groups in total. The van der Waals surface area contributed by atoms with Crippen molar-refractivity contribution >= 4 is 0 Å². The van der Waals surface area contributed by atoms with Gasteiger partial charge in [-0.15, -0.1) is 0 Å². The summed E-state index contributed by atoms with van der Waals surface area (Å²) in [5, 5.41) is 0. The number of rotatable bonds is 3. The van der Waals surface area contributed by atoms with Gasteiger partial charge in [-0.1, -0.05) is 18.2 Å². The fraction of sp³-hybridized carbons (Fsp3) is 0.625. The van der Waals surface area contributed by atoms with E-state index in [9.17, 15) is 0 Å². The monoisotopic (exact) mass is 245 g/mol. The average Bonchev–Trinajstić information content (AvgIpc) is 2.62. The molecular formula is C16H23NO. The van der Waals surface area contributed by atoms with Crippen LogP contribution in [0.2, 0.25) is 0 Å². The molecular weight excluding hydrogens is 222 g/mol. The van der Waals surface area contributed by atoms with Crippen LogP contribution < -0.4 is 4.74 Å². The van der Waals surface area contributed by atoms with Crippen LogP contribution in [0.5, 0.6) is 5.75 Å². The SMILES string of the molecule is Cc1ccccc1OC[C@H]1C[C@H]2CC[C@@H](C1)N2C. The number of hydrogen-bond donors (Lipinski definition) is 0. The minimum absolute atomic E-state index is 0.748. The van der Waals surface area contributed by atoms with E-state index >= 15 is 0 Å². The van der Waals surface area contributed by atoms with Crippen LogP contribution in [0.15, 0.2) is 24.3 Å². The van der Waals surface area contributed by atoms with Gasteiger partial charge in [0.25, 0.3) is 0 Å². The number of para-hydroxylation sites is 1. The van der Waals surface area contributed by atoms with E-state index in [0.717, 1.165) is 30.4 Å². The molecule has 2 bridgehead atoms. The molecule has 0 aliphatic carbocycles. The van der Waals surface area contributed by atoms with Gasteiger partial charge in [-0.25, -0.2) is 0 Å². The van der Waals surface area contributed by atoms with Crippen molar-refractivity contribution in [1.29, 1.82) is 0 Å². The Kier molecular flexibility index (Phi) is 3.29. The zero-order chi connectivity index (χ0) is 12.5. The molecule has 0 amide bonds. The molecule has 3 rings (SSSR count). The van der Waals surface area contributed by atoms with Crippen LogP contribution in [-0.4, -0.2) is 30.6 Å². The first-order valence-electron chi connectivity index (χ1n) is 7.14. The van der Waals surface area contributed by atoms with Gasteiger partial charge < -0.3 is 9.64 Å². The van der Waals surface area contributed by atoms with Crippen molar-refractivity contribution in [3.05, 3.63) is 29.8 Å². The normalized spacial score (nSPS) is 31.6. The summed E-state index contributed by atoms with van der Waals surface area (Å²) in [4.78, 5) is 2.59. The van der Waals surface area contributed by atoms with Crippen molar-refractivity contribution in [1.82, 2.24) is 4.90 Å². The van der Waals surface area contributed by atoms with Gasteiger partial charge in [-0.3, -0.25) is 0 Å². The number of hydrogen-bond acceptors (Lipinski definition) is 2. The minimum Gasteiger partial charge on any atom is -0.493 e. The maximum Gasteiger partial charge on any atom is 0.122 e. The molecule has 2 aliphatic rings. The zero-order valence-corrected chi connectivity index (χ0v) is 11.4. The Balaban J connectivity index is 1.57. The largest absolute Gasteiger partial charge is 0.493 e. The average molecular weight is 245 g/mol. The van der Waals surface area contributed by atoms with Crippen LogP contribution in [0, 0.1) is 12.8 Å². The summed E-state index contributed by atoms with van der Waals surface area (Å²) in [6.45, 7) is 3.01. The summed E-state index contributed by atoms with van der Waals surface area (Å²) in [7, 11) is 2.29. The molecule has 0 spiro atoms. The van der Waals surface area contributed by atoms with Crippen LogP contribution >= 0.6 is 0 Å². The maximum atomic E-state index is 6.02. The highest BCUT2D eigenvalue weighted by atomic mass is 16.5. The molecule has 0 aromatic heterocycles. The van der Waals surface area contributed by atoms with Gasteiger partial charge in [0.15, 0.2) is 0 Å². The fourth-order valence-electron chi connectivity index (χ4n) is 3.59. The van der Waals surface area contributed by atoms with E-state index in [2.05, 4.69) is 43.1 Å². The Morgan fingerprint density at radius 1 is 1.17 bits per heavy atom. The molecule has 2 fully saturated rings. The number of fused-ring (bicyclic) bond motifs is 2. The van der Waals surface area contributed by atoms with E-state index in [1.54, 1.807) is 0 Å². The number of nitrogens with zero attached hydrogens (tertiary/aromatic N) is 1. The summed E-state index contributed by atoms with van der Waals surface area (Å²) in [6.07, 6.45) is 5.42. The van der Waals surface area contributed by atoms with Gasteiger partial charge in [0.05, 0.1) is 6.61 Å². The molecule has 18 heavy (non-hydrogen) atoms. The Morgan fingerprint density at radius 2 is 1.83 bits per heavy atom. The highest BCUT2D eigenvalue weighted by molar-refractivity contribution is 5.31. The lowest BCUT2D eigenvalue weighted by Gasteiger charge is -2.36. The number of piperidine rings is 1. The molecule has 3 atom stereocenters. The number of ether oxygens (including phenoxy) is 1. The minimum atomic E-state index is 0.748. The fourth-order valence-corrected chi connectivity index (χ4v) is 3.59. The van der Waals surface area contributed by atoms with Crippen molar-refractivity contribution in [3.63, 3.8) is 0 Å². The van der Waals surface area contributed by atoms with Crippen molar-refractivity contribution in [2.75, 3.05) is 13.7 Å². The third-order valence-electron chi connectivity index (χ3n) is 4.76. The molecule has 0 unspecified atom stereocenters. The molecule has 2 nitrogen and oxygen atoms in total. The van der Waals surface area contributed by atoms with E-state index in [1.807, 2.05) is 0 Å². The predicted molar refractivity (Wildman–Crippen MR) is 74.0 cm³/mol. The second kappa shape index (κ2) is 4.93. The van der Waals surface area contributed by atoms with Gasteiger partial charge in [0.2, 0.25) is 0 Å². The van der Waals surface area contributed by atoms with Gasteiger partial charge >= 0.3 is 0 Å². The van der Waals surface area contributed by atoms with Gasteiger partial charge in [-0.2, -0.15) is 0 Å². The first-order chi connectivity index (χ1) is 8.74. The lowest BCUT2D eigenvalue weighted by atomic mass is 9.92. The van der Waals surface area contributed by atoms with Gasteiger partial charge in [0.1, 0.15) is 5.75 Å². The van der Waals surface area contributed by atoms with E-state index in [4.69, 9.17) is 4.74 Å². The summed E-state index contributed by atoms with van der Waals surface area (Å²) in [5.74, 6) is 1.81. The Morgan fingerprint density at radius 3 is 2.50 bits per heavy atom. The smallest absolute Gasteiger partial charge is 0.122 e. The standard InChI is InChI=1S/C16H23NO/c1-12-5-3-4-6-16(12)18-11-13-9-14-7-8-15(10-13)17(14)2/h3-6,13-15H,7-11H2,1-2H3/t13-,14+,15-. The Labute approximate surface area is 110 Å². The summed E-state index contributed by atoms with van der Waals surface area (Å²) >= 11 is 0. The van der Waals surface area contributed by atoms with Crippen molar-refractivity contribution in [3.8, 4) is 5.75 Å². The van der Waals surface area contributed by atoms with E-state index in [0.29, 0.717) is 0 Å². The first-order valence-corrected chi connectivity index (χ1v) is 7.14. The molecule has 2 aliphatic heterocycles. The predicted octanol–water partition coefficient (Wildman–Crippen LogP) is 3.25. The van der Waals surface area contributed by atoms with Crippen molar-refractivity contribution in [2.45, 2.75) is 44.7 Å². The first kappa shape index (κ1) is 12.0. The Bertz CT molecular complexity index is 403. The lowest BCUT2D eigenvalue weighted by Crippen LogP contribution is -2.41.